The number of carboxylic acid groups (broad SMARTS) is 1. The Bertz CT molecular complexity index is 347. The van der Waals surface area contributed by atoms with E-state index in [1.165, 1.54) is 0 Å². The second-order valence-electron chi connectivity index (χ2n) is 3.23. The van der Waals surface area contributed by atoms with E-state index in [0.29, 0.717) is 0 Å². The zero-order chi connectivity index (χ0) is 10.1. The van der Waals surface area contributed by atoms with Crippen molar-refractivity contribution >= 4 is 5.97 Å². The molecule has 2 atom stereocenters. The number of aliphatic carboxylic acids is 1. The highest BCUT2D eigenvalue weighted by Gasteiger charge is 2.43. The van der Waals surface area contributed by atoms with Gasteiger partial charge in [0.05, 0.1) is 13.2 Å². The fourth-order valence-electron chi connectivity index (χ4n) is 1.45. The molecule has 1 aromatic rings. The second kappa shape index (κ2) is 3.31. The summed E-state index contributed by atoms with van der Waals surface area (Å²) in [7, 11) is 1.60. The van der Waals surface area contributed by atoms with E-state index >= 15 is 0 Å². The van der Waals surface area contributed by atoms with Gasteiger partial charge in [-0.1, -0.05) is 12.1 Å². The molecular weight excluding hydrogens is 182 g/mol. The average Bonchev–Trinajstić information content (AvgIpc) is 2.97. The lowest BCUT2D eigenvalue weighted by molar-refractivity contribution is -0.136. The van der Waals surface area contributed by atoms with Crippen molar-refractivity contribution in [3.05, 3.63) is 29.8 Å². The summed E-state index contributed by atoms with van der Waals surface area (Å²) in [5, 5.41) is 11.6. The molecule has 1 aliphatic heterocycles. The third-order valence-corrected chi connectivity index (χ3v) is 2.32. The molecule has 2 N–H and O–H groups in total. The summed E-state index contributed by atoms with van der Waals surface area (Å²) in [6, 6.07) is 6.93. The van der Waals surface area contributed by atoms with Gasteiger partial charge < -0.3 is 9.84 Å². The number of benzene rings is 1. The first-order valence-corrected chi connectivity index (χ1v) is 4.35. The quantitative estimate of drug-likeness (QED) is 0.696. The monoisotopic (exact) mass is 193 g/mol. The highest BCUT2D eigenvalue weighted by Crippen LogP contribution is 2.30. The molecule has 0 bridgehead atoms. The Morgan fingerprint density at radius 2 is 2.07 bits per heavy atom. The van der Waals surface area contributed by atoms with E-state index < -0.39 is 12.0 Å². The van der Waals surface area contributed by atoms with E-state index in [1.807, 2.05) is 24.3 Å². The van der Waals surface area contributed by atoms with Gasteiger partial charge in [-0.2, -0.15) is 0 Å². The molecule has 4 nitrogen and oxygen atoms in total. The maximum absolute atomic E-state index is 10.6. The smallest absolute Gasteiger partial charge is 0.322 e. The summed E-state index contributed by atoms with van der Waals surface area (Å²) in [5.74, 6) is -0.0212. The highest BCUT2D eigenvalue weighted by molar-refractivity contribution is 5.78. The predicted molar refractivity (Wildman–Crippen MR) is 50.3 cm³/mol. The first kappa shape index (κ1) is 9.02. The van der Waals surface area contributed by atoms with Crippen molar-refractivity contribution in [2.24, 2.45) is 0 Å². The summed E-state index contributed by atoms with van der Waals surface area (Å²) >= 11 is 0. The van der Waals surface area contributed by atoms with Crippen LogP contribution in [0.5, 0.6) is 5.75 Å². The van der Waals surface area contributed by atoms with Crippen LogP contribution in [0.25, 0.3) is 0 Å². The SMILES string of the molecule is COc1ccc(C2NC2C(=O)O)cc1. The normalized spacial score (nSPS) is 24.4. The Morgan fingerprint density at radius 1 is 1.43 bits per heavy atom. The van der Waals surface area contributed by atoms with E-state index in [0.717, 1.165) is 11.3 Å². The van der Waals surface area contributed by atoms with Crippen LogP contribution in [-0.4, -0.2) is 24.2 Å². The molecule has 0 aliphatic carbocycles. The van der Waals surface area contributed by atoms with E-state index in [-0.39, 0.29) is 6.04 Å². The van der Waals surface area contributed by atoms with E-state index in [9.17, 15) is 4.79 Å². The van der Waals surface area contributed by atoms with Crippen LogP contribution in [-0.2, 0) is 4.79 Å². The van der Waals surface area contributed by atoms with Gasteiger partial charge in [0.25, 0.3) is 0 Å². The van der Waals surface area contributed by atoms with Crippen LogP contribution >= 0.6 is 0 Å². The lowest BCUT2D eigenvalue weighted by atomic mass is 10.1. The molecule has 0 amide bonds. The molecular formula is C10H11NO3. The summed E-state index contributed by atoms with van der Waals surface area (Å²) in [5.41, 5.74) is 0.984. The van der Waals surface area contributed by atoms with Crippen LogP contribution in [0, 0.1) is 0 Å². The minimum atomic E-state index is -0.800. The molecule has 1 aromatic carbocycles. The van der Waals surface area contributed by atoms with Gasteiger partial charge in [-0.3, -0.25) is 10.1 Å². The van der Waals surface area contributed by atoms with Crippen LogP contribution in [0.1, 0.15) is 11.6 Å². The van der Waals surface area contributed by atoms with Crippen LogP contribution in [0.2, 0.25) is 0 Å². The zero-order valence-corrected chi connectivity index (χ0v) is 7.73. The maximum atomic E-state index is 10.6. The Kier molecular flexibility index (Phi) is 2.13. The van der Waals surface area contributed by atoms with Gasteiger partial charge in [0.2, 0.25) is 0 Å². The molecule has 0 aromatic heterocycles. The number of hydrogen-bond donors (Lipinski definition) is 2. The van der Waals surface area contributed by atoms with Gasteiger partial charge in [0, 0.05) is 0 Å². The Labute approximate surface area is 81.5 Å². The Morgan fingerprint density at radius 3 is 2.50 bits per heavy atom. The summed E-state index contributed by atoms with van der Waals surface area (Å²) in [6.45, 7) is 0. The third-order valence-electron chi connectivity index (χ3n) is 2.32. The standard InChI is InChI=1S/C10H11NO3/c1-14-7-4-2-6(3-5-7)8-9(11-8)10(12)13/h2-5,8-9,11H,1H3,(H,12,13). The van der Waals surface area contributed by atoms with Crippen molar-refractivity contribution in [2.45, 2.75) is 12.1 Å². The molecule has 2 rings (SSSR count). The van der Waals surface area contributed by atoms with Gasteiger partial charge in [0.1, 0.15) is 11.8 Å². The van der Waals surface area contributed by atoms with Crippen molar-refractivity contribution in [3.63, 3.8) is 0 Å². The lowest BCUT2D eigenvalue weighted by Gasteiger charge is -2.00. The molecule has 1 saturated heterocycles. The second-order valence-corrected chi connectivity index (χ2v) is 3.23. The maximum Gasteiger partial charge on any atom is 0.322 e. The number of carboxylic acids is 1. The number of nitrogens with one attached hydrogen (secondary N) is 1. The van der Waals surface area contributed by atoms with Gasteiger partial charge in [0.15, 0.2) is 0 Å². The minimum absolute atomic E-state index is 0.0431. The van der Waals surface area contributed by atoms with Gasteiger partial charge in [-0.05, 0) is 17.7 Å². The number of methoxy groups -OCH3 is 1. The van der Waals surface area contributed by atoms with E-state index in [1.54, 1.807) is 7.11 Å². The van der Waals surface area contributed by atoms with E-state index in [4.69, 9.17) is 9.84 Å². The van der Waals surface area contributed by atoms with Crippen LogP contribution in [0.4, 0.5) is 0 Å². The molecule has 0 saturated carbocycles. The molecule has 14 heavy (non-hydrogen) atoms. The van der Waals surface area contributed by atoms with Gasteiger partial charge >= 0.3 is 5.97 Å². The summed E-state index contributed by atoms with van der Waals surface area (Å²) in [6.07, 6.45) is 0. The number of carbonyl (C=O) groups is 1. The topological polar surface area (TPSA) is 68.5 Å². The molecule has 1 fully saturated rings. The molecule has 1 heterocycles. The minimum Gasteiger partial charge on any atom is -0.497 e. The third kappa shape index (κ3) is 1.56. The van der Waals surface area contributed by atoms with Crippen molar-refractivity contribution in [3.8, 4) is 5.75 Å². The van der Waals surface area contributed by atoms with Gasteiger partial charge in [-0.15, -0.1) is 0 Å². The first-order chi connectivity index (χ1) is 6.72. The number of hydrogen-bond acceptors (Lipinski definition) is 3. The lowest BCUT2D eigenvalue weighted by Crippen LogP contribution is -2.07. The van der Waals surface area contributed by atoms with Crippen LogP contribution in [0.15, 0.2) is 24.3 Å². The number of rotatable bonds is 3. The largest absolute Gasteiger partial charge is 0.497 e. The molecule has 74 valence electrons. The molecule has 4 heteroatoms. The molecule has 2 unspecified atom stereocenters. The fraction of sp³-hybridized carbons (Fsp3) is 0.300. The first-order valence-electron chi connectivity index (χ1n) is 4.35. The summed E-state index contributed by atoms with van der Waals surface area (Å²) in [4.78, 5) is 10.6. The molecule has 1 aliphatic rings. The highest BCUT2D eigenvalue weighted by atomic mass is 16.5. The predicted octanol–water partition coefficient (Wildman–Crippen LogP) is 0.793. The van der Waals surface area contributed by atoms with Crippen LogP contribution in [0.3, 0.4) is 0 Å². The average molecular weight is 193 g/mol. The Balaban J connectivity index is 2.08. The number of ether oxygens (including phenoxy) is 1. The van der Waals surface area contributed by atoms with Crippen molar-refractivity contribution in [2.75, 3.05) is 7.11 Å². The Hall–Kier alpha value is -1.55. The molecule has 0 spiro atoms. The zero-order valence-electron chi connectivity index (χ0n) is 7.73. The van der Waals surface area contributed by atoms with Crippen molar-refractivity contribution in [1.82, 2.24) is 5.32 Å². The summed E-state index contributed by atoms with van der Waals surface area (Å²) < 4.78 is 5.01. The van der Waals surface area contributed by atoms with Crippen molar-refractivity contribution < 1.29 is 14.6 Å². The van der Waals surface area contributed by atoms with Crippen molar-refractivity contribution in [1.29, 1.82) is 0 Å². The van der Waals surface area contributed by atoms with Gasteiger partial charge in [-0.25, -0.2) is 0 Å². The van der Waals surface area contributed by atoms with E-state index in [2.05, 4.69) is 5.32 Å². The van der Waals surface area contributed by atoms with Crippen LogP contribution < -0.4 is 10.1 Å². The fourth-order valence-corrected chi connectivity index (χ4v) is 1.45. The molecule has 0 radical (unpaired) electrons.